The summed E-state index contributed by atoms with van der Waals surface area (Å²) in [6.07, 6.45) is 1.50. The number of aromatic hydroxyl groups is 1. The van der Waals surface area contributed by atoms with E-state index < -0.39 is 36.5 Å². The number of rotatable bonds is 3. The van der Waals surface area contributed by atoms with Gasteiger partial charge in [0.1, 0.15) is 11.6 Å². The van der Waals surface area contributed by atoms with E-state index in [0.717, 1.165) is 18.2 Å². The lowest BCUT2D eigenvalue weighted by Crippen LogP contribution is -2.23. The number of hydrogen-bond donors (Lipinski definition) is 2. The number of H-pyrrole nitrogens is 1. The fourth-order valence-corrected chi connectivity index (χ4v) is 4.92. The molecule has 2 aromatic carbocycles. The molecule has 0 aliphatic carbocycles. The molecule has 0 aliphatic heterocycles. The number of phenolic OH excluding ortho intramolecular Hbond substituents is 1. The first kappa shape index (κ1) is 23.3. The Bertz CT molecular complexity index is 1320. The highest BCUT2D eigenvalue weighted by Gasteiger charge is 2.47. The predicted molar refractivity (Wildman–Crippen MR) is 112 cm³/mol. The first-order valence-corrected chi connectivity index (χ1v) is 12.1. The second-order valence-electron chi connectivity index (χ2n) is 8.19. The van der Waals surface area contributed by atoms with Crippen molar-refractivity contribution in [3.8, 4) is 17.1 Å². The Hall–Kier alpha value is -2.40. The third-order valence-electron chi connectivity index (χ3n) is 4.93. The maximum absolute atomic E-state index is 12.9. The molecule has 0 amide bonds. The third kappa shape index (κ3) is 3.96. The second kappa shape index (κ2) is 7.33. The standard InChI is InChI=1S/C20H21F3N2O4S2/c1-10-15(30(5)27)9-12(19(2,3)4)17(26)16(10)18-24-13-7-6-11(8-14(13)25-18)31(28,29)20(21,22)23/h6-9,26H,1-5H3,(H,24,25). The summed E-state index contributed by atoms with van der Waals surface area (Å²) < 4.78 is 74.4. The second-order valence-corrected chi connectivity index (χ2v) is 11.5. The first-order valence-electron chi connectivity index (χ1n) is 9.07. The minimum absolute atomic E-state index is 0.0551. The van der Waals surface area contributed by atoms with Crippen LogP contribution in [0.5, 0.6) is 5.75 Å². The molecule has 3 rings (SSSR count). The molecule has 0 aliphatic rings. The molecule has 0 saturated carbocycles. The quantitative estimate of drug-likeness (QED) is 0.579. The van der Waals surface area contributed by atoms with Crippen LogP contribution in [0.15, 0.2) is 34.1 Å². The van der Waals surface area contributed by atoms with Gasteiger partial charge >= 0.3 is 5.51 Å². The summed E-state index contributed by atoms with van der Waals surface area (Å²) in [5.74, 6) is 0.0331. The van der Waals surface area contributed by atoms with Crippen LogP contribution in [0, 0.1) is 6.92 Å². The predicted octanol–water partition coefficient (Wildman–Crippen LogP) is 4.57. The topological polar surface area (TPSA) is 100 Å². The van der Waals surface area contributed by atoms with Crippen LogP contribution >= 0.6 is 0 Å². The Morgan fingerprint density at radius 2 is 1.74 bits per heavy atom. The number of nitrogens with one attached hydrogen (secondary N) is 1. The minimum atomic E-state index is -5.52. The number of alkyl halides is 3. The molecule has 11 heteroatoms. The molecule has 0 saturated heterocycles. The van der Waals surface area contributed by atoms with Gasteiger partial charge in [0, 0.05) is 16.7 Å². The van der Waals surface area contributed by atoms with Gasteiger partial charge in [0.2, 0.25) is 0 Å². The van der Waals surface area contributed by atoms with Gasteiger partial charge in [-0.05, 0) is 42.2 Å². The van der Waals surface area contributed by atoms with Crippen LogP contribution in [0.25, 0.3) is 22.4 Å². The summed E-state index contributed by atoms with van der Waals surface area (Å²) in [5, 5.41) is 11.0. The number of halogens is 3. The zero-order valence-corrected chi connectivity index (χ0v) is 19.0. The van der Waals surface area contributed by atoms with E-state index in [1.807, 2.05) is 20.8 Å². The summed E-state index contributed by atoms with van der Waals surface area (Å²) in [4.78, 5) is 6.69. The summed E-state index contributed by atoms with van der Waals surface area (Å²) in [6, 6.07) is 4.52. The normalized spacial score (nSPS) is 14.2. The Labute approximate surface area is 179 Å². The van der Waals surface area contributed by atoms with Gasteiger partial charge in [-0.25, -0.2) is 13.4 Å². The molecule has 3 aromatic rings. The Balaban J connectivity index is 2.30. The fourth-order valence-electron chi connectivity index (χ4n) is 3.31. The van der Waals surface area contributed by atoms with Crippen molar-refractivity contribution in [2.75, 3.05) is 6.26 Å². The molecule has 168 valence electrons. The van der Waals surface area contributed by atoms with Gasteiger partial charge in [-0.15, -0.1) is 0 Å². The van der Waals surface area contributed by atoms with E-state index in [1.165, 1.54) is 6.26 Å². The van der Waals surface area contributed by atoms with Crippen molar-refractivity contribution in [3.63, 3.8) is 0 Å². The van der Waals surface area contributed by atoms with Crippen LogP contribution < -0.4 is 0 Å². The van der Waals surface area contributed by atoms with Crippen molar-refractivity contribution in [2.24, 2.45) is 0 Å². The number of aromatic amines is 1. The van der Waals surface area contributed by atoms with Crippen molar-refractivity contribution in [3.05, 3.63) is 35.4 Å². The third-order valence-corrected chi connectivity index (χ3v) is 7.46. The highest BCUT2D eigenvalue weighted by molar-refractivity contribution is 7.92. The molecule has 1 unspecified atom stereocenters. The molecule has 1 heterocycles. The molecule has 0 bridgehead atoms. The average Bonchev–Trinajstić information content (AvgIpc) is 3.01. The minimum Gasteiger partial charge on any atom is -0.507 e. The van der Waals surface area contributed by atoms with Crippen LogP contribution in [-0.2, 0) is 26.1 Å². The SMILES string of the molecule is Cc1c(S(C)=O)cc(C(C)(C)C)c(O)c1-c1nc2ccc(S(=O)(=O)C(F)(F)F)cc2[nH]1. The largest absolute Gasteiger partial charge is 0.507 e. The number of fused-ring (bicyclic) bond motifs is 1. The number of benzene rings is 2. The molecular formula is C20H21F3N2O4S2. The Kier molecular flexibility index (Phi) is 5.50. The number of nitrogens with zero attached hydrogens (tertiary/aromatic N) is 1. The number of sulfone groups is 1. The molecule has 2 N–H and O–H groups in total. The van der Waals surface area contributed by atoms with Crippen LogP contribution in [0.3, 0.4) is 0 Å². The average molecular weight is 475 g/mol. The zero-order valence-electron chi connectivity index (χ0n) is 17.4. The molecule has 0 fully saturated rings. The summed E-state index contributed by atoms with van der Waals surface area (Å²) >= 11 is 0. The maximum Gasteiger partial charge on any atom is 0.501 e. The fraction of sp³-hybridized carbons (Fsp3) is 0.350. The van der Waals surface area contributed by atoms with E-state index in [9.17, 15) is 30.9 Å². The molecule has 0 spiro atoms. The van der Waals surface area contributed by atoms with E-state index >= 15 is 0 Å². The van der Waals surface area contributed by atoms with Crippen LogP contribution in [-0.4, -0.2) is 39.5 Å². The summed E-state index contributed by atoms with van der Waals surface area (Å²) in [5.41, 5.74) is -4.38. The van der Waals surface area contributed by atoms with E-state index in [0.29, 0.717) is 16.0 Å². The number of phenols is 1. The summed E-state index contributed by atoms with van der Waals surface area (Å²) in [7, 11) is -6.90. The zero-order chi connectivity index (χ0) is 23.5. The Morgan fingerprint density at radius 3 is 2.26 bits per heavy atom. The van der Waals surface area contributed by atoms with E-state index in [2.05, 4.69) is 9.97 Å². The molecule has 31 heavy (non-hydrogen) atoms. The van der Waals surface area contributed by atoms with Gasteiger partial charge in [-0.2, -0.15) is 13.2 Å². The molecule has 1 atom stereocenters. The van der Waals surface area contributed by atoms with Crippen molar-refractivity contribution in [1.82, 2.24) is 9.97 Å². The van der Waals surface area contributed by atoms with Crippen molar-refractivity contribution < 1.29 is 30.9 Å². The number of imidazole rings is 1. The number of hydrogen-bond acceptors (Lipinski definition) is 5. The van der Waals surface area contributed by atoms with Crippen LogP contribution in [0.1, 0.15) is 31.9 Å². The van der Waals surface area contributed by atoms with Gasteiger partial charge < -0.3 is 10.1 Å². The van der Waals surface area contributed by atoms with E-state index in [1.54, 1.807) is 13.0 Å². The van der Waals surface area contributed by atoms with Crippen LogP contribution in [0.4, 0.5) is 13.2 Å². The molecular weight excluding hydrogens is 453 g/mol. The molecule has 6 nitrogen and oxygen atoms in total. The van der Waals surface area contributed by atoms with Gasteiger partial charge in [0.05, 0.1) is 32.3 Å². The smallest absolute Gasteiger partial charge is 0.501 e. The van der Waals surface area contributed by atoms with Gasteiger partial charge in [0.25, 0.3) is 9.84 Å². The highest BCUT2D eigenvalue weighted by atomic mass is 32.2. The van der Waals surface area contributed by atoms with E-state index in [-0.39, 0.29) is 28.2 Å². The molecule has 1 aromatic heterocycles. The Morgan fingerprint density at radius 1 is 1.13 bits per heavy atom. The first-order chi connectivity index (χ1) is 14.1. The monoisotopic (exact) mass is 474 g/mol. The lowest BCUT2D eigenvalue weighted by Gasteiger charge is -2.24. The highest BCUT2D eigenvalue weighted by Crippen LogP contribution is 2.42. The lowest BCUT2D eigenvalue weighted by atomic mass is 9.84. The van der Waals surface area contributed by atoms with Gasteiger partial charge in [0.15, 0.2) is 0 Å². The van der Waals surface area contributed by atoms with Crippen molar-refractivity contribution in [1.29, 1.82) is 0 Å². The van der Waals surface area contributed by atoms with Gasteiger partial charge in [-0.3, -0.25) is 4.21 Å². The van der Waals surface area contributed by atoms with Gasteiger partial charge in [-0.1, -0.05) is 20.8 Å². The van der Waals surface area contributed by atoms with Crippen molar-refractivity contribution >= 4 is 31.7 Å². The number of aromatic nitrogens is 2. The van der Waals surface area contributed by atoms with E-state index in [4.69, 9.17) is 0 Å². The maximum atomic E-state index is 12.9. The molecule has 0 radical (unpaired) electrons. The lowest BCUT2D eigenvalue weighted by molar-refractivity contribution is -0.0435. The van der Waals surface area contributed by atoms with Crippen LogP contribution in [0.2, 0.25) is 0 Å². The summed E-state index contributed by atoms with van der Waals surface area (Å²) in [6.45, 7) is 7.27. The van der Waals surface area contributed by atoms with Crippen molar-refractivity contribution in [2.45, 2.75) is 48.4 Å².